The van der Waals surface area contributed by atoms with Crippen LogP contribution >= 0.6 is 11.3 Å². The average Bonchev–Trinajstić information content (AvgIpc) is 3.11. The first kappa shape index (κ1) is 19.1. The van der Waals surface area contributed by atoms with Crippen molar-refractivity contribution in [3.05, 3.63) is 59.1 Å². The van der Waals surface area contributed by atoms with E-state index >= 15 is 0 Å². The summed E-state index contributed by atoms with van der Waals surface area (Å²) in [5.41, 5.74) is 4.18. The zero-order valence-corrected chi connectivity index (χ0v) is 16.5. The first-order valence-electron chi connectivity index (χ1n) is 9.24. The van der Waals surface area contributed by atoms with Crippen LogP contribution in [0.4, 0.5) is 5.69 Å². The molecule has 0 spiro atoms. The van der Waals surface area contributed by atoms with Gasteiger partial charge in [-0.05, 0) is 61.7 Å². The van der Waals surface area contributed by atoms with Crippen molar-refractivity contribution in [3.63, 3.8) is 0 Å². The number of anilines is 1. The number of fused-ring (bicyclic) bond motifs is 1. The summed E-state index contributed by atoms with van der Waals surface area (Å²) in [4.78, 5) is 18.1. The number of carbonyl (C=O) groups is 1. The molecular weight excluding hydrogens is 356 g/mol. The van der Waals surface area contributed by atoms with Crippen molar-refractivity contribution in [1.82, 2.24) is 4.98 Å². The molecule has 2 aromatic carbocycles. The molecule has 1 N–H and O–H groups in total. The molecule has 3 aromatic rings. The summed E-state index contributed by atoms with van der Waals surface area (Å²) in [6.45, 7) is 6.24. The van der Waals surface area contributed by atoms with Crippen molar-refractivity contribution in [3.8, 4) is 0 Å². The minimum Gasteiger partial charge on any atom is -0.481 e. The van der Waals surface area contributed by atoms with Gasteiger partial charge in [0.15, 0.2) is 0 Å². The number of rotatable bonds is 8. The van der Waals surface area contributed by atoms with Crippen LogP contribution in [0.3, 0.4) is 0 Å². The van der Waals surface area contributed by atoms with Crippen LogP contribution in [0.25, 0.3) is 21.9 Å². The molecule has 0 aliphatic rings. The molecule has 27 heavy (non-hydrogen) atoms. The van der Waals surface area contributed by atoms with Gasteiger partial charge in [-0.1, -0.05) is 24.3 Å². The van der Waals surface area contributed by atoms with Crippen LogP contribution < -0.4 is 4.90 Å². The number of carboxylic acid groups (broad SMARTS) is 1. The highest BCUT2D eigenvalue weighted by molar-refractivity contribution is 7.19. The van der Waals surface area contributed by atoms with Crippen molar-refractivity contribution in [1.29, 1.82) is 0 Å². The van der Waals surface area contributed by atoms with Crippen molar-refractivity contribution >= 4 is 44.9 Å². The highest BCUT2D eigenvalue weighted by atomic mass is 32.1. The highest BCUT2D eigenvalue weighted by Gasteiger charge is 2.11. The van der Waals surface area contributed by atoms with Crippen LogP contribution in [-0.4, -0.2) is 29.1 Å². The fourth-order valence-electron chi connectivity index (χ4n) is 3.06. The van der Waals surface area contributed by atoms with Crippen molar-refractivity contribution < 1.29 is 9.90 Å². The molecule has 0 fully saturated rings. The smallest absolute Gasteiger partial charge is 0.303 e. The van der Waals surface area contributed by atoms with E-state index in [4.69, 9.17) is 10.1 Å². The molecule has 1 heterocycles. The lowest BCUT2D eigenvalue weighted by molar-refractivity contribution is -0.136. The molecule has 5 heteroatoms. The number of nitrogens with zero attached hydrogens (tertiary/aromatic N) is 2. The molecule has 140 valence electrons. The summed E-state index contributed by atoms with van der Waals surface area (Å²) in [5, 5.41) is 10.0. The summed E-state index contributed by atoms with van der Waals surface area (Å²) in [6, 6.07) is 16.4. The second-order valence-electron chi connectivity index (χ2n) is 6.31. The van der Waals surface area contributed by atoms with E-state index in [1.807, 2.05) is 24.3 Å². The van der Waals surface area contributed by atoms with E-state index in [1.54, 1.807) is 11.3 Å². The van der Waals surface area contributed by atoms with Gasteiger partial charge in [0.2, 0.25) is 0 Å². The number of benzene rings is 2. The van der Waals surface area contributed by atoms with Crippen molar-refractivity contribution in [2.45, 2.75) is 26.7 Å². The number of allylic oxidation sites excluding steroid dienone is 1. The van der Waals surface area contributed by atoms with E-state index in [0.29, 0.717) is 6.42 Å². The normalized spacial score (nSPS) is 11.7. The molecule has 0 amide bonds. The van der Waals surface area contributed by atoms with Gasteiger partial charge in [0.25, 0.3) is 0 Å². The minimum atomic E-state index is -0.793. The van der Waals surface area contributed by atoms with Gasteiger partial charge in [-0.25, -0.2) is 4.98 Å². The van der Waals surface area contributed by atoms with Crippen LogP contribution in [0, 0.1) is 0 Å². The van der Waals surface area contributed by atoms with Crippen LogP contribution in [0.1, 0.15) is 37.3 Å². The number of carboxylic acids is 1. The fraction of sp³-hybridized carbons (Fsp3) is 0.273. The quantitative estimate of drug-likeness (QED) is 0.557. The van der Waals surface area contributed by atoms with Gasteiger partial charge < -0.3 is 10.0 Å². The number of para-hydroxylation sites is 1. The zero-order valence-electron chi connectivity index (χ0n) is 15.7. The molecule has 0 aliphatic heterocycles. The molecule has 1 aromatic heterocycles. The first-order chi connectivity index (χ1) is 13.1. The summed E-state index contributed by atoms with van der Waals surface area (Å²) >= 11 is 1.61. The SMILES string of the molecule is CCN(CC)c1ccc(/C=C(/CCC(=O)O)c2nc3ccccc3s2)cc1. The molecule has 0 saturated carbocycles. The summed E-state index contributed by atoms with van der Waals surface area (Å²) in [6.07, 6.45) is 2.62. The third-order valence-corrected chi connectivity index (χ3v) is 5.65. The van der Waals surface area contributed by atoms with Gasteiger partial charge in [0, 0.05) is 25.2 Å². The van der Waals surface area contributed by atoms with Crippen molar-refractivity contribution in [2.24, 2.45) is 0 Å². The Kier molecular flexibility index (Phi) is 6.24. The molecule has 4 nitrogen and oxygen atoms in total. The van der Waals surface area contributed by atoms with E-state index in [1.165, 1.54) is 5.69 Å². The number of aliphatic carboxylic acids is 1. The minimum absolute atomic E-state index is 0.0965. The zero-order chi connectivity index (χ0) is 19.2. The summed E-state index contributed by atoms with van der Waals surface area (Å²) < 4.78 is 1.12. The molecule has 0 radical (unpaired) electrons. The molecule has 0 saturated heterocycles. The number of thiazole rings is 1. The van der Waals surface area contributed by atoms with Crippen LogP contribution in [0.15, 0.2) is 48.5 Å². The average molecular weight is 381 g/mol. The molecule has 0 bridgehead atoms. The topological polar surface area (TPSA) is 53.4 Å². The van der Waals surface area contributed by atoms with Gasteiger partial charge >= 0.3 is 5.97 Å². The maximum atomic E-state index is 11.1. The van der Waals surface area contributed by atoms with Gasteiger partial charge in [-0.15, -0.1) is 11.3 Å². The standard InChI is InChI=1S/C22H24N2O2S/c1-3-24(4-2)18-12-9-16(10-13-18)15-17(11-14-21(25)26)22-23-19-7-5-6-8-20(19)27-22/h5-10,12-13,15H,3-4,11,14H2,1-2H3,(H,25,26)/b17-15-. The molecular formula is C22H24N2O2S. The lowest BCUT2D eigenvalue weighted by Gasteiger charge is -2.20. The molecule has 0 aliphatic carbocycles. The summed E-state index contributed by atoms with van der Waals surface area (Å²) in [7, 11) is 0. The van der Waals surface area contributed by atoms with Gasteiger partial charge in [0.05, 0.1) is 10.2 Å². The van der Waals surface area contributed by atoms with Crippen LogP contribution in [-0.2, 0) is 4.79 Å². The number of hydrogen-bond donors (Lipinski definition) is 1. The van der Waals surface area contributed by atoms with E-state index < -0.39 is 5.97 Å². The number of aromatic nitrogens is 1. The maximum absolute atomic E-state index is 11.1. The predicted octanol–water partition coefficient (Wildman–Crippen LogP) is 5.55. The van der Waals surface area contributed by atoms with E-state index in [2.05, 4.69) is 49.1 Å². The Balaban J connectivity index is 1.93. The fourth-order valence-corrected chi connectivity index (χ4v) is 4.07. The van der Waals surface area contributed by atoms with E-state index in [-0.39, 0.29) is 6.42 Å². The van der Waals surface area contributed by atoms with Gasteiger partial charge in [0.1, 0.15) is 5.01 Å². The predicted molar refractivity (Wildman–Crippen MR) is 114 cm³/mol. The molecule has 3 rings (SSSR count). The molecule has 0 atom stereocenters. The van der Waals surface area contributed by atoms with Gasteiger partial charge in [-0.3, -0.25) is 4.79 Å². The molecule has 0 unspecified atom stereocenters. The highest BCUT2D eigenvalue weighted by Crippen LogP contribution is 2.31. The Bertz CT molecular complexity index is 907. The lowest BCUT2D eigenvalue weighted by atomic mass is 10.1. The second kappa shape index (κ2) is 8.82. The largest absolute Gasteiger partial charge is 0.481 e. The number of hydrogen-bond acceptors (Lipinski definition) is 4. The first-order valence-corrected chi connectivity index (χ1v) is 10.1. The van der Waals surface area contributed by atoms with Gasteiger partial charge in [-0.2, -0.15) is 0 Å². The van der Waals surface area contributed by atoms with Crippen molar-refractivity contribution in [2.75, 3.05) is 18.0 Å². The summed E-state index contributed by atoms with van der Waals surface area (Å²) in [5.74, 6) is -0.793. The maximum Gasteiger partial charge on any atom is 0.303 e. The Hall–Kier alpha value is -2.66. The third kappa shape index (κ3) is 4.74. The lowest BCUT2D eigenvalue weighted by Crippen LogP contribution is -2.21. The van der Waals surface area contributed by atoms with E-state index in [9.17, 15) is 4.79 Å². The Labute approximate surface area is 163 Å². The van der Waals surface area contributed by atoms with E-state index in [0.717, 1.165) is 39.5 Å². The van der Waals surface area contributed by atoms with Crippen LogP contribution in [0.2, 0.25) is 0 Å². The monoisotopic (exact) mass is 380 g/mol. The Morgan fingerprint density at radius 1 is 1.07 bits per heavy atom. The van der Waals surface area contributed by atoms with Crippen LogP contribution in [0.5, 0.6) is 0 Å². The Morgan fingerprint density at radius 2 is 1.78 bits per heavy atom. The third-order valence-electron chi connectivity index (χ3n) is 4.54. The Morgan fingerprint density at radius 3 is 2.41 bits per heavy atom. The second-order valence-corrected chi connectivity index (χ2v) is 7.34.